The van der Waals surface area contributed by atoms with Crippen LogP contribution in [-0.4, -0.2) is 205 Å². The number of hydrogen-bond acceptors (Lipinski definition) is 16. The summed E-state index contributed by atoms with van der Waals surface area (Å²) >= 11 is 0. The van der Waals surface area contributed by atoms with E-state index in [2.05, 4.69) is 37.2 Å². The fraction of sp³-hybridized carbons (Fsp3) is 0.632. The minimum atomic E-state index is -1.56. The van der Waals surface area contributed by atoms with E-state index in [9.17, 15) is 57.8 Å². The number of aliphatic hydroxyl groups excluding tert-OH is 1. The molecule has 95 heavy (non-hydrogen) atoms. The van der Waals surface area contributed by atoms with E-state index in [1.54, 1.807) is 109 Å². The first kappa shape index (κ1) is 77.7. The zero-order valence-corrected chi connectivity index (χ0v) is 57.7. The van der Waals surface area contributed by atoms with Crippen LogP contribution in [-0.2, 0) is 64.0 Å². The molecule has 3 aliphatic rings. The number of methoxy groups -OCH3 is 2. The molecule has 3 heterocycles. The summed E-state index contributed by atoms with van der Waals surface area (Å²) in [7, 11) is 6.06. The van der Waals surface area contributed by atoms with Crippen molar-refractivity contribution in [3.05, 3.63) is 77.9 Å². The van der Waals surface area contributed by atoms with E-state index in [4.69, 9.17) is 19.9 Å². The minimum absolute atomic E-state index is 0.0290. The van der Waals surface area contributed by atoms with Gasteiger partial charge in [0.1, 0.15) is 36.3 Å². The fourth-order valence-electron chi connectivity index (χ4n) is 12.9. The third kappa shape index (κ3) is 20.3. The van der Waals surface area contributed by atoms with E-state index in [1.807, 2.05) is 32.0 Å². The van der Waals surface area contributed by atoms with Crippen molar-refractivity contribution in [2.45, 2.75) is 193 Å². The molecule has 0 saturated carbocycles. The Bertz CT molecular complexity index is 2980. The van der Waals surface area contributed by atoms with Crippen molar-refractivity contribution in [2.24, 2.45) is 35.3 Å². The first-order chi connectivity index (χ1) is 44.9. The van der Waals surface area contributed by atoms with Crippen LogP contribution in [0.2, 0.25) is 0 Å². The number of nitrogens with one attached hydrogen (secondary N) is 7. The molecule has 5 rings (SSSR count). The zero-order chi connectivity index (χ0) is 70.6. The Morgan fingerprint density at radius 1 is 0.747 bits per heavy atom. The molecule has 27 nitrogen and oxygen atoms in total. The Balaban J connectivity index is 1.21. The molecule has 12 atom stereocenters. The Hall–Kier alpha value is -8.01. The number of rotatable bonds is 34. The number of anilines is 1. The molecule has 3 aliphatic heterocycles. The number of benzene rings is 2. The van der Waals surface area contributed by atoms with Crippen LogP contribution in [0.15, 0.2) is 66.7 Å². The predicted octanol–water partition coefficient (Wildman–Crippen LogP) is 3.64. The van der Waals surface area contributed by atoms with Crippen molar-refractivity contribution in [1.29, 1.82) is 0 Å². The lowest BCUT2D eigenvalue weighted by molar-refractivity contribution is -0.155. The van der Waals surface area contributed by atoms with Crippen LogP contribution in [0, 0.1) is 29.6 Å². The molecule has 0 bridgehead atoms. The summed E-state index contributed by atoms with van der Waals surface area (Å²) in [5.74, 6) is -7.18. The van der Waals surface area contributed by atoms with E-state index in [0.29, 0.717) is 55.7 Å². The first-order valence-electron chi connectivity index (χ1n) is 33.1. The maximum atomic E-state index is 14.8. The standard InChI is InChI=1S/C68H104N12O15/c1-15-42(8)57(50(93-13)37-53(83)79-36-20-24-49(79)59(94-14)43(9)60(85)72-44(10)58(84)46-21-17-16-18-22-46)77(11)64(89)55(40(4)5)75-63(88)56(41(6)7)78(12)67(92)95-38-45-25-27-47(28-26-45)73-61(86)48(23-19-33-71-66(69)91)74-62(87)54(39(2)3)76-65(90)68(31-34-70-35-32-68)80-51(81)29-30-52(80)82/h16-18,21-22,25-30,39-44,48-50,54-59,70,84H,15,19-20,23-24,31-38H2,1-14H3,(H,72,85)(H,73,86)(H,74,87)(H,75,88)(H,76,90)(H3,69,71,91)/t42-,43+,44+,48-,49-,50+,54-,55-,56-,57-,58+,59+/m0/s1. The maximum absolute atomic E-state index is 14.8. The molecule has 2 saturated heterocycles. The number of nitrogens with two attached hydrogens (primary N) is 1. The number of likely N-dealkylation sites (tertiary alicyclic amines) is 1. The topological polar surface area (TPSA) is 359 Å². The van der Waals surface area contributed by atoms with Gasteiger partial charge in [-0.15, -0.1) is 0 Å². The molecule has 2 aromatic rings. The second-order valence-corrected chi connectivity index (χ2v) is 26.3. The number of ether oxygens (including phenoxy) is 3. The summed E-state index contributed by atoms with van der Waals surface area (Å²) in [4.78, 5) is 156. The Morgan fingerprint density at radius 2 is 1.37 bits per heavy atom. The van der Waals surface area contributed by atoms with Gasteiger partial charge < -0.3 is 72.1 Å². The number of imide groups is 1. The summed E-state index contributed by atoms with van der Waals surface area (Å²) in [6, 6.07) is 8.34. The predicted molar refractivity (Wildman–Crippen MR) is 355 cm³/mol. The number of hydrogen-bond donors (Lipinski definition) is 9. The van der Waals surface area contributed by atoms with Gasteiger partial charge in [-0.25, -0.2) is 9.59 Å². The third-order valence-corrected chi connectivity index (χ3v) is 18.6. The number of nitrogens with zero attached hydrogens (tertiary/aromatic N) is 4. The summed E-state index contributed by atoms with van der Waals surface area (Å²) in [5.41, 5.74) is 5.19. The molecular weight excluding hydrogens is 1220 g/mol. The summed E-state index contributed by atoms with van der Waals surface area (Å²) in [6.45, 7) is 18.8. The number of carbonyl (C=O) groups excluding carboxylic acids is 11. The SMILES string of the molecule is CC[C@H](C)[C@@H]([C@@H](CC(=O)N1CCC[C@H]1[C@H](OC)[C@@H](C)C(=O)N[C@H](C)[C@@H](O)c1ccccc1)OC)N(C)C(=O)[C@@H](NC(=O)[C@H](C(C)C)N(C)C(=O)OCc1ccc(NC(=O)[C@H](CCCNC(N)=O)NC(=O)[C@@H](NC(=O)C2(N3C(=O)C=CC3=O)CCNCC2)C(C)C)cc1)C(C)C. The molecule has 2 fully saturated rings. The number of likely N-dealkylation sites (N-methyl/N-ethyl adjacent to an activating group) is 2. The van der Waals surface area contributed by atoms with Crippen LogP contribution in [0.3, 0.4) is 0 Å². The summed E-state index contributed by atoms with van der Waals surface area (Å²) in [6.07, 6.45) is 1.22. The molecule has 526 valence electrons. The molecular formula is C68H104N12O15. The normalized spacial score (nSPS) is 18.9. The van der Waals surface area contributed by atoms with Crippen molar-refractivity contribution >= 4 is 71.0 Å². The molecule has 27 heteroatoms. The summed E-state index contributed by atoms with van der Waals surface area (Å²) < 4.78 is 17.8. The monoisotopic (exact) mass is 1330 g/mol. The smallest absolute Gasteiger partial charge is 0.410 e. The first-order valence-corrected chi connectivity index (χ1v) is 33.1. The quantitative estimate of drug-likeness (QED) is 0.0357. The van der Waals surface area contributed by atoms with Gasteiger partial charge in [-0.2, -0.15) is 0 Å². The highest BCUT2D eigenvalue weighted by atomic mass is 16.6. The highest BCUT2D eigenvalue weighted by Gasteiger charge is 2.52. The highest BCUT2D eigenvalue weighted by molar-refractivity contribution is 6.16. The molecule has 0 radical (unpaired) electrons. The summed E-state index contributed by atoms with van der Waals surface area (Å²) in [5, 5.41) is 30.7. The van der Waals surface area contributed by atoms with Gasteiger partial charge in [0.2, 0.25) is 41.4 Å². The van der Waals surface area contributed by atoms with Crippen molar-refractivity contribution in [1.82, 2.24) is 51.5 Å². The number of aliphatic hydroxyl groups is 1. The number of amides is 12. The molecule has 0 unspecified atom stereocenters. The van der Waals surface area contributed by atoms with Gasteiger partial charge in [0, 0.05) is 59.2 Å². The number of urea groups is 1. The van der Waals surface area contributed by atoms with Gasteiger partial charge in [0.15, 0.2) is 0 Å². The molecule has 0 aliphatic carbocycles. The lowest BCUT2D eigenvalue weighted by Gasteiger charge is -2.42. The van der Waals surface area contributed by atoms with Crippen LogP contribution >= 0.6 is 0 Å². The Labute approximate surface area is 558 Å². The van der Waals surface area contributed by atoms with Gasteiger partial charge in [0.05, 0.1) is 48.8 Å². The van der Waals surface area contributed by atoms with Gasteiger partial charge in [-0.3, -0.25) is 53.0 Å². The number of piperidine rings is 1. The van der Waals surface area contributed by atoms with E-state index in [-0.39, 0.29) is 63.0 Å². The minimum Gasteiger partial charge on any atom is -0.445 e. The van der Waals surface area contributed by atoms with E-state index >= 15 is 0 Å². The lowest BCUT2D eigenvalue weighted by Crippen LogP contribution is -2.67. The number of primary amides is 1. The van der Waals surface area contributed by atoms with Crippen molar-refractivity contribution in [3.63, 3.8) is 0 Å². The maximum Gasteiger partial charge on any atom is 0.410 e. The zero-order valence-electron chi connectivity index (χ0n) is 57.7. The average molecular weight is 1330 g/mol. The van der Waals surface area contributed by atoms with Gasteiger partial charge >= 0.3 is 12.1 Å². The van der Waals surface area contributed by atoms with E-state index < -0.39 is 143 Å². The molecule has 12 amide bonds. The van der Waals surface area contributed by atoms with Crippen LogP contribution in [0.4, 0.5) is 15.3 Å². The van der Waals surface area contributed by atoms with Gasteiger partial charge in [-0.1, -0.05) is 111 Å². The van der Waals surface area contributed by atoms with Crippen molar-refractivity contribution < 1.29 is 72.1 Å². The van der Waals surface area contributed by atoms with E-state index in [1.165, 1.54) is 26.2 Å². The molecule has 2 aromatic carbocycles. The molecule has 10 N–H and O–H groups in total. The third-order valence-electron chi connectivity index (χ3n) is 18.6. The van der Waals surface area contributed by atoms with Crippen LogP contribution in [0.1, 0.15) is 138 Å². The van der Waals surface area contributed by atoms with Crippen LogP contribution in [0.5, 0.6) is 0 Å². The Morgan fingerprint density at radius 3 is 1.93 bits per heavy atom. The largest absolute Gasteiger partial charge is 0.445 e. The average Bonchev–Trinajstić information content (AvgIpc) is 1.06. The molecule has 0 aromatic heterocycles. The second kappa shape index (κ2) is 36.2. The Kier molecular flexibility index (Phi) is 29.6. The highest BCUT2D eigenvalue weighted by Crippen LogP contribution is 2.33. The van der Waals surface area contributed by atoms with Crippen molar-refractivity contribution in [3.8, 4) is 0 Å². The fourth-order valence-corrected chi connectivity index (χ4v) is 12.9. The molecule has 0 spiro atoms. The van der Waals surface area contributed by atoms with Gasteiger partial charge in [-0.05, 0) is 105 Å². The lowest BCUT2D eigenvalue weighted by atomic mass is 9.84. The van der Waals surface area contributed by atoms with E-state index in [0.717, 1.165) is 17.1 Å². The van der Waals surface area contributed by atoms with Crippen molar-refractivity contribution in [2.75, 3.05) is 59.8 Å². The van der Waals surface area contributed by atoms with Crippen LogP contribution in [0.25, 0.3) is 0 Å². The second-order valence-electron chi connectivity index (χ2n) is 26.3. The number of carbonyl (C=O) groups is 11. The van der Waals surface area contributed by atoms with Gasteiger partial charge in [0.25, 0.3) is 11.8 Å². The van der Waals surface area contributed by atoms with Crippen LogP contribution < -0.4 is 43.0 Å².